The second kappa shape index (κ2) is 16.3. The largest absolute Gasteiger partial charge is 0.506 e. The van der Waals surface area contributed by atoms with Crippen molar-refractivity contribution < 1.29 is 29.6 Å². The van der Waals surface area contributed by atoms with Crippen LogP contribution < -0.4 is 25.7 Å². The number of ether oxygens (including phenoxy) is 2. The number of aromatic nitrogens is 1. The number of aliphatic hydroxyl groups is 1. The van der Waals surface area contributed by atoms with Crippen LogP contribution in [0.25, 0.3) is 10.9 Å². The van der Waals surface area contributed by atoms with E-state index >= 15 is 0 Å². The van der Waals surface area contributed by atoms with Gasteiger partial charge in [0.25, 0.3) is 0 Å². The van der Waals surface area contributed by atoms with E-state index < -0.39 is 18.2 Å². The van der Waals surface area contributed by atoms with E-state index in [1.54, 1.807) is 12.1 Å². The van der Waals surface area contributed by atoms with Gasteiger partial charge in [0.15, 0.2) is 0 Å². The van der Waals surface area contributed by atoms with E-state index in [1.807, 2.05) is 78.9 Å². The predicted molar refractivity (Wildman–Crippen MR) is 180 cm³/mol. The molecule has 244 valence electrons. The molecule has 0 saturated carbocycles. The van der Waals surface area contributed by atoms with Crippen LogP contribution >= 0.6 is 0 Å². The Morgan fingerprint density at radius 2 is 1.57 bits per heavy atom. The van der Waals surface area contributed by atoms with Crippen LogP contribution in [0.2, 0.25) is 0 Å². The molecule has 5 rings (SSSR count). The number of carbonyl (C=O) groups is 1. The summed E-state index contributed by atoms with van der Waals surface area (Å²) in [4.78, 5) is 25.7. The number of phenolic OH excluding ortho intramolecular Hbond substituents is 1. The zero-order valence-corrected chi connectivity index (χ0v) is 25.9. The fourth-order valence-corrected chi connectivity index (χ4v) is 5.42. The number of phenols is 1. The zero-order valence-electron chi connectivity index (χ0n) is 25.9. The molecule has 0 aliphatic heterocycles. The molecular weight excluding hydrogens is 598 g/mol. The maximum Gasteiger partial charge on any atom is 0.405 e. The third-order valence-electron chi connectivity index (χ3n) is 7.77. The summed E-state index contributed by atoms with van der Waals surface area (Å²) in [5, 5.41) is 36.6. The molecule has 4 aromatic carbocycles. The number of rotatable bonds is 16. The van der Waals surface area contributed by atoms with Crippen molar-refractivity contribution in [3.05, 3.63) is 136 Å². The van der Waals surface area contributed by atoms with E-state index in [9.17, 15) is 24.9 Å². The lowest BCUT2D eigenvalue weighted by atomic mass is 9.98. The van der Waals surface area contributed by atoms with Gasteiger partial charge in [-0.15, -0.1) is 0 Å². The summed E-state index contributed by atoms with van der Waals surface area (Å²) in [5.41, 5.74) is 3.22. The Hall–Kier alpha value is -5.32. The van der Waals surface area contributed by atoms with Gasteiger partial charge in [0.2, 0.25) is 5.56 Å². The van der Waals surface area contributed by atoms with Crippen molar-refractivity contribution in [3.63, 3.8) is 0 Å². The van der Waals surface area contributed by atoms with E-state index in [0.29, 0.717) is 42.0 Å². The highest BCUT2D eigenvalue weighted by Crippen LogP contribution is 2.29. The Kier molecular flexibility index (Phi) is 11.5. The number of fused-ring (bicyclic) bond motifs is 1. The second-order valence-electron chi connectivity index (χ2n) is 11.2. The maximum atomic E-state index is 11.6. The fraction of sp³-hybridized carbons (Fsp3) is 0.243. The van der Waals surface area contributed by atoms with Gasteiger partial charge in [0.05, 0.1) is 24.3 Å². The van der Waals surface area contributed by atoms with Crippen molar-refractivity contribution in [2.45, 2.75) is 38.0 Å². The lowest BCUT2D eigenvalue weighted by Gasteiger charge is -2.19. The molecule has 0 fully saturated rings. The summed E-state index contributed by atoms with van der Waals surface area (Å²) in [6, 6.07) is 30.2. The monoisotopic (exact) mass is 637 g/mol. The number of aromatic hydroxyl groups is 1. The summed E-state index contributed by atoms with van der Waals surface area (Å²) < 4.78 is 12.0. The Morgan fingerprint density at radius 3 is 2.38 bits per heavy atom. The van der Waals surface area contributed by atoms with Gasteiger partial charge in [-0.25, -0.2) is 4.79 Å². The van der Waals surface area contributed by atoms with Crippen molar-refractivity contribution in [3.8, 4) is 17.2 Å². The maximum absolute atomic E-state index is 11.6. The molecule has 5 aromatic rings. The third kappa shape index (κ3) is 9.35. The van der Waals surface area contributed by atoms with Crippen LogP contribution in [0.5, 0.6) is 17.2 Å². The Balaban J connectivity index is 1.03. The molecule has 47 heavy (non-hydrogen) atoms. The van der Waals surface area contributed by atoms with E-state index in [1.165, 1.54) is 12.1 Å². The van der Waals surface area contributed by atoms with E-state index in [-0.39, 0.29) is 11.3 Å². The Morgan fingerprint density at radius 1 is 0.809 bits per heavy atom. The molecule has 1 amide bonds. The minimum atomic E-state index is -1.10. The number of aliphatic hydroxyl groups excluding tert-OH is 1. The average molecular weight is 638 g/mol. The standard InChI is InChI=1S/C37H39N3O7/c41-32-17-15-30(31-16-18-34(43)39-36(31)32)33(42)23-38-19-5-2-6-20-46-28-13-7-9-25(21-28)24-47-29-14-8-12-27(22-29)35(40-37(44)45)26-10-3-1-4-11-26/h1,3-4,7-18,21-22,33,35,38,40-42H,2,5-6,19-20,23-24H2,(H,39,43)(H,44,45)/t33-,35?/m1/s1. The van der Waals surface area contributed by atoms with Gasteiger partial charge in [-0.1, -0.05) is 60.7 Å². The molecule has 0 aliphatic carbocycles. The summed E-state index contributed by atoms with van der Waals surface area (Å²) in [6.45, 7) is 1.99. The first-order valence-corrected chi connectivity index (χ1v) is 15.6. The van der Waals surface area contributed by atoms with Crippen molar-refractivity contribution in [1.82, 2.24) is 15.6 Å². The first-order chi connectivity index (χ1) is 22.9. The molecule has 1 unspecified atom stereocenters. The molecule has 10 nitrogen and oxygen atoms in total. The Bertz CT molecular complexity index is 1830. The second-order valence-corrected chi connectivity index (χ2v) is 11.2. The minimum absolute atomic E-state index is 0.0312. The first kappa shape index (κ1) is 33.1. The van der Waals surface area contributed by atoms with Gasteiger partial charge in [0, 0.05) is 18.0 Å². The minimum Gasteiger partial charge on any atom is -0.506 e. The van der Waals surface area contributed by atoms with Crippen LogP contribution in [-0.4, -0.2) is 46.1 Å². The summed E-state index contributed by atoms with van der Waals surface area (Å²) in [7, 11) is 0. The van der Waals surface area contributed by atoms with E-state index in [2.05, 4.69) is 15.6 Å². The third-order valence-corrected chi connectivity index (χ3v) is 7.77. The van der Waals surface area contributed by atoms with E-state index in [4.69, 9.17) is 9.47 Å². The highest BCUT2D eigenvalue weighted by atomic mass is 16.5. The molecule has 0 aliphatic rings. The molecule has 0 saturated heterocycles. The zero-order chi connectivity index (χ0) is 33.0. The number of H-pyrrole nitrogens is 1. The summed E-state index contributed by atoms with van der Waals surface area (Å²) in [6.07, 6.45) is 0.857. The van der Waals surface area contributed by atoms with Crippen molar-refractivity contribution >= 4 is 17.0 Å². The lowest BCUT2D eigenvalue weighted by molar-refractivity contribution is 0.176. The van der Waals surface area contributed by atoms with Gasteiger partial charge >= 0.3 is 6.09 Å². The number of hydrogen-bond donors (Lipinski definition) is 6. The Labute approximate surface area is 272 Å². The van der Waals surface area contributed by atoms with Crippen LogP contribution in [-0.2, 0) is 6.61 Å². The van der Waals surface area contributed by atoms with Gasteiger partial charge in [-0.3, -0.25) is 4.79 Å². The van der Waals surface area contributed by atoms with Crippen molar-refractivity contribution in [2.75, 3.05) is 19.7 Å². The topological polar surface area (TPSA) is 153 Å². The predicted octanol–water partition coefficient (Wildman–Crippen LogP) is 6.04. The van der Waals surface area contributed by atoms with Gasteiger partial charge in [-0.05, 0) is 84.5 Å². The lowest BCUT2D eigenvalue weighted by Crippen LogP contribution is -2.27. The molecular formula is C37H39N3O7. The molecule has 10 heteroatoms. The SMILES string of the molecule is O=C(O)NC(c1ccccc1)c1cccc(OCc2cccc(OCCCCCNC[C@@H](O)c3ccc(O)c4[nH]c(=O)ccc34)c2)c1. The molecule has 1 heterocycles. The normalized spacial score (nSPS) is 12.4. The smallest absolute Gasteiger partial charge is 0.405 e. The number of pyridine rings is 1. The number of nitrogens with one attached hydrogen (secondary N) is 3. The highest BCUT2D eigenvalue weighted by molar-refractivity contribution is 5.87. The van der Waals surface area contributed by atoms with Gasteiger partial charge in [0.1, 0.15) is 23.9 Å². The molecule has 2 atom stereocenters. The van der Waals surface area contributed by atoms with Crippen LogP contribution in [0.1, 0.15) is 53.7 Å². The van der Waals surface area contributed by atoms with Crippen LogP contribution in [0.15, 0.2) is 108 Å². The highest BCUT2D eigenvalue weighted by Gasteiger charge is 2.17. The molecule has 0 bridgehead atoms. The number of carboxylic acid groups (broad SMARTS) is 1. The van der Waals surface area contributed by atoms with E-state index in [0.717, 1.165) is 48.2 Å². The number of aromatic amines is 1. The summed E-state index contributed by atoms with van der Waals surface area (Å²) >= 11 is 0. The van der Waals surface area contributed by atoms with Gasteiger partial charge in [-0.2, -0.15) is 0 Å². The first-order valence-electron chi connectivity index (χ1n) is 15.6. The molecule has 6 N–H and O–H groups in total. The average Bonchev–Trinajstić information content (AvgIpc) is 3.08. The van der Waals surface area contributed by atoms with Crippen LogP contribution in [0.3, 0.4) is 0 Å². The van der Waals surface area contributed by atoms with Crippen LogP contribution in [0.4, 0.5) is 4.79 Å². The number of unbranched alkanes of at least 4 members (excludes halogenated alkanes) is 2. The number of amides is 1. The summed E-state index contributed by atoms with van der Waals surface area (Å²) in [5.74, 6) is 1.37. The quantitative estimate of drug-likeness (QED) is 0.0716. The van der Waals surface area contributed by atoms with Crippen molar-refractivity contribution in [1.29, 1.82) is 0 Å². The number of hydrogen-bond acceptors (Lipinski definition) is 7. The molecule has 0 spiro atoms. The fourth-order valence-electron chi connectivity index (χ4n) is 5.42. The van der Waals surface area contributed by atoms with Crippen molar-refractivity contribution in [2.24, 2.45) is 0 Å². The van der Waals surface area contributed by atoms with Crippen LogP contribution in [0, 0.1) is 0 Å². The van der Waals surface area contributed by atoms with Gasteiger partial charge < -0.3 is 40.4 Å². The number of benzene rings is 4. The molecule has 0 radical (unpaired) electrons. The molecule has 1 aromatic heterocycles.